The summed E-state index contributed by atoms with van der Waals surface area (Å²) in [7, 11) is 0. The van der Waals surface area contributed by atoms with Crippen LogP contribution in [0.4, 0.5) is 0 Å². The Morgan fingerprint density at radius 1 is 1.35 bits per heavy atom. The van der Waals surface area contributed by atoms with E-state index in [9.17, 15) is 4.79 Å². The summed E-state index contributed by atoms with van der Waals surface area (Å²) in [5, 5.41) is 11.6. The Kier molecular flexibility index (Phi) is 6.63. The minimum Gasteiger partial charge on any atom is -0.395 e. The van der Waals surface area contributed by atoms with Gasteiger partial charge in [0.05, 0.1) is 6.61 Å². The summed E-state index contributed by atoms with van der Waals surface area (Å²) in [6.07, 6.45) is 2.50. The zero-order chi connectivity index (χ0) is 15.0. The van der Waals surface area contributed by atoms with Gasteiger partial charge in [-0.15, -0.1) is 0 Å². The van der Waals surface area contributed by atoms with Crippen molar-refractivity contribution in [2.75, 3.05) is 19.4 Å². The molecule has 0 bridgehead atoms. The lowest BCUT2D eigenvalue weighted by molar-refractivity contribution is 0.0951. The molecule has 2 N–H and O–H groups in total. The Balaban J connectivity index is 2.60. The van der Waals surface area contributed by atoms with Crippen molar-refractivity contribution in [1.82, 2.24) is 5.32 Å². The maximum Gasteiger partial charge on any atom is 0.251 e. The third kappa shape index (κ3) is 5.68. The second kappa shape index (κ2) is 7.98. The SMILES string of the molecule is CSC(C)(C)CNC(=O)c1ccc(C#CCCO)cc1. The lowest BCUT2D eigenvalue weighted by Gasteiger charge is -2.22. The van der Waals surface area contributed by atoms with Crippen LogP contribution in [0.1, 0.15) is 36.2 Å². The van der Waals surface area contributed by atoms with Crippen LogP contribution in [0.25, 0.3) is 0 Å². The van der Waals surface area contributed by atoms with Gasteiger partial charge >= 0.3 is 0 Å². The Morgan fingerprint density at radius 3 is 2.55 bits per heavy atom. The first kappa shape index (κ1) is 16.6. The van der Waals surface area contributed by atoms with Crippen LogP contribution in [0.5, 0.6) is 0 Å². The highest BCUT2D eigenvalue weighted by Crippen LogP contribution is 2.19. The zero-order valence-electron chi connectivity index (χ0n) is 12.2. The number of carbonyl (C=O) groups excluding carboxylic acids is 1. The van der Waals surface area contributed by atoms with Gasteiger partial charge < -0.3 is 10.4 Å². The van der Waals surface area contributed by atoms with Crippen LogP contribution in [-0.4, -0.2) is 35.2 Å². The molecule has 0 unspecified atom stereocenters. The first-order valence-electron chi connectivity index (χ1n) is 6.51. The zero-order valence-corrected chi connectivity index (χ0v) is 13.0. The van der Waals surface area contributed by atoms with E-state index in [1.807, 2.05) is 18.4 Å². The molecule has 0 aliphatic carbocycles. The van der Waals surface area contributed by atoms with Gasteiger partial charge in [0.25, 0.3) is 5.91 Å². The molecular formula is C16H21NO2S. The number of nitrogens with one attached hydrogen (secondary N) is 1. The third-order valence-corrected chi connectivity index (χ3v) is 4.09. The molecule has 0 aromatic heterocycles. The van der Waals surface area contributed by atoms with Gasteiger partial charge in [-0.2, -0.15) is 11.8 Å². The fourth-order valence-corrected chi connectivity index (χ4v) is 1.61. The monoisotopic (exact) mass is 291 g/mol. The van der Waals surface area contributed by atoms with E-state index in [1.54, 1.807) is 23.9 Å². The maximum atomic E-state index is 12.0. The predicted octanol–water partition coefficient (Wildman–Crippen LogP) is 2.29. The number of hydrogen-bond acceptors (Lipinski definition) is 3. The van der Waals surface area contributed by atoms with E-state index < -0.39 is 0 Å². The number of aliphatic hydroxyl groups excluding tert-OH is 1. The smallest absolute Gasteiger partial charge is 0.251 e. The molecule has 4 heteroatoms. The molecule has 108 valence electrons. The average molecular weight is 291 g/mol. The van der Waals surface area contributed by atoms with Gasteiger partial charge in [-0.25, -0.2) is 0 Å². The van der Waals surface area contributed by atoms with Crippen LogP contribution in [-0.2, 0) is 0 Å². The van der Waals surface area contributed by atoms with Crippen molar-refractivity contribution in [1.29, 1.82) is 0 Å². The molecule has 0 aliphatic heterocycles. The molecular weight excluding hydrogens is 270 g/mol. The highest BCUT2D eigenvalue weighted by Gasteiger charge is 2.17. The first-order valence-corrected chi connectivity index (χ1v) is 7.74. The van der Waals surface area contributed by atoms with Crippen molar-refractivity contribution < 1.29 is 9.90 Å². The largest absolute Gasteiger partial charge is 0.395 e. The van der Waals surface area contributed by atoms with Crippen molar-refractivity contribution in [3.8, 4) is 11.8 Å². The van der Waals surface area contributed by atoms with Gasteiger partial charge in [-0.1, -0.05) is 11.8 Å². The average Bonchev–Trinajstić information content (AvgIpc) is 2.46. The molecule has 1 amide bonds. The molecule has 0 heterocycles. The van der Waals surface area contributed by atoms with Crippen LogP contribution in [0, 0.1) is 11.8 Å². The minimum absolute atomic E-state index is 0.0331. The van der Waals surface area contributed by atoms with Crippen molar-refractivity contribution in [2.45, 2.75) is 25.0 Å². The fourth-order valence-electron chi connectivity index (χ4n) is 1.39. The Hall–Kier alpha value is -1.44. The lowest BCUT2D eigenvalue weighted by atomic mass is 10.1. The first-order chi connectivity index (χ1) is 9.48. The number of hydrogen-bond donors (Lipinski definition) is 2. The van der Waals surface area contributed by atoms with E-state index >= 15 is 0 Å². The highest BCUT2D eigenvalue weighted by molar-refractivity contribution is 7.99. The van der Waals surface area contributed by atoms with E-state index in [2.05, 4.69) is 31.0 Å². The maximum absolute atomic E-state index is 12.0. The number of aliphatic hydroxyl groups is 1. The van der Waals surface area contributed by atoms with Crippen LogP contribution >= 0.6 is 11.8 Å². The van der Waals surface area contributed by atoms with Gasteiger partial charge in [0.1, 0.15) is 0 Å². The number of rotatable bonds is 5. The molecule has 0 aliphatic rings. The Labute approximate surface area is 125 Å². The second-order valence-corrected chi connectivity index (χ2v) is 6.51. The van der Waals surface area contributed by atoms with E-state index in [0.29, 0.717) is 18.5 Å². The number of benzene rings is 1. The highest BCUT2D eigenvalue weighted by atomic mass is 32.2. The molecule has 1 aromatic rings. The second-order valence-electron chi connectivity index (χ2n) is 5.00. The quantitative estimate of drug-likeness (QED) is 0.818. The molecule has 0 atom stereocenters. The van der Waals surface area contributed by atoms with E-state index in [-0.39, 0.29) is 17.3 Å². The number of thioether (sulfide) groups is 1. The summed E-state index contributed by atoms with van der Waals surface area (Å²) in [5.74, 6) is 5.71. The van der Waals surface area contributed by atoms with Crippen LogP contribution in [0.2, 0.25) is 0 Å². The summed E-state index contributed by atoms with van der Waals surface area (Å²) in [6, 6.07) is 7.17. The van der Waals surface area contributed by atoms with Crippen molar-refractivity contribution in [3.63, 3.8) is 0 Å². The topological polar surface area (TPSA) is 49.3 Å². The summed E-state index contributed by atoms with van der Waals surface area (Å²) >= 11 is 1.72. The van der Waals surface area contributed by atoms with Crippen molar-refractivity contribution in [3.05, 3.63) is 35.4 Å². The van der Waals surface area contributed by atoms with Gasteiger partial charge in [-0.05, 0) is 44.4 Å². The van der Waals surface area contributed by atoms with Crippen molar-refractivity contribution >= 4 is 17.7 Å². The van der Waals surface area contributed by atoms with Gasteiger partial charge in [0.15, 0.2) is 0 Å². The van der Waals surface area contributed by atoms with E-state index in [4.69, 9.17) is 5.11 Å². The summed E-state index contributed by atoms with van der Waals surface area (Å²) in [6.45, 7) is 4.89. The molecule has 0 saturated heterocycles. The standard InChI is InChI=1S/C16H21NO2S/c1-16(2,20-3)12-17-15(19)14-9-7-13(8-10-14)6-4-5-11-18/h7-10,18H,5,11-12H2,1-3H3,(H,17,19). The molecule has 1 rings (SSSR count). The lowest BCUT2D eigenvalue weighted by Crippen LogP contribution is -2.36. The molecule has 1 aromatic carbocycles. The number of amides is 1. The summed E-state index contributed by atoms with van der Waals surface area (Å²) in [5.41, 5.74) is 1.48. The van der Waals surface area contributed by atoms with Crippen molar-refractivity contribution in [2.24, 2.45) is 0 Å². The molecule has 0 radical (unpaired) electrons. The molecule has 0 spiro atoms. The molecule has 0 fully saturated rings. The predicted molar refractivity (Wildman–Crippen MR) is 85.0 cm³/mol. The summed E-state index contributed by atoms with van der Waals surface area (Å²) < 4.78 is 0.0331. The van der Waals surface area contributed by atoms with Crippen LogP contribution < -0.4 is 5.32 Å². The van der Waals surface area contributed by atoms with Crippen LogP contribution in [0.3, 0.4) is 0 Å². The number of carbonyl (C=O) groups is 1. The van der Waals surface area contributed by atoms with Gasteiger partial charge in [-0.3, -0.25) is 4.79 Å². The Morgan fingerprint density at radius 2 is 2.00 bits per heavy atom. The fraction of sp³-hybridized carbons (Fsp3) is 0.438. The van der Waals surface area contributed by atoms with E-state index in [1.165, 1.54) is 0 Å². The Bertz CT molecular complexity index is 497. The minimum atomic E-state index is -0.0676. The van der Waals surface area contributed by atoms with Crippen LogP contribution in [0.15, 0.2) is 24.3 Å². The normalized spacial score (nSPS) is 10.6. The molecule has 0 saturated carbocycles. The third-order valence-electron chi connectivity index (χ3n) is 2.84. The summed E-state index contributed by atoms with van der Waals surface area (Å²) in [4.78, 5) is 12.0. The van der Waals surface area contributed by atoms with Gasteiger partial charge in [0.2, 0.25) is 0 Å². The molecule has 20 heavy (non-hydrogen) atoms. The van der Waals surface area contributed by atoms with Gasteiger partial charge in [0, 0.05) is 28.8 Å². The molecule has 3 nitrogen and oxygen atoms in total. The van der Waals surface area contributed by atoms with E-state index in [0.717, 1.165) is 5.56 Å².